The summed E-state index contributed by atoms with van der Waals surface area (Å²) in [4.78, 5) is 13.6. The van der Waals surface area contributed by atoms with Crippen molar-refractivity contribution in [1.29, 1.82) is 0 Å². The monoisotopic (exact) mass is 385 g/mol. The Bertz CT molecular complexity index is 1010. The van der Waals surface area contributed by atoms with Gasteiger partial charge in [0.25, 0.3) is 0 Å². The van der Waals surface area contributed by atoms with Gasteiger partial charge in [-0.15, -0.1) is 0 Å². The van der Waals surface area contributed by atoms with E-state index in [1.165, 1.54) is 0 Å². The fraction of sp³-hybridized carbons (Fsp3) is 0.240. The first-order valence-corrected chi connectivity index (χ1v) is 10.1. The lowest BCUT2D eigenvalue weighted by Crippen LogP contribution is -2.47. The minimum atomic E-state index is -1.81. The third-order valence-corrected chi connectivity index (χ3v) is 6.22. The first-order valence-electron chi connectivity index (χ1n) is 10.1. The van der Waals surface area contributed by atoms with Crippen LogP contribution in [0.1, 0.15) is 29.5 Å². The van der Waals surface area contributed by atoms with Gasteiger partial charge < -0.3 is 15.2 Å². The lowest BCUT2D eigenvalue weighted by atomic mass is 9.84. The van der Waals surface area contributed by atoms with Crippen molar-refractivity contribution in [1.82, 2.24) is 5.32 Å². The molecule has 1 fully saturated rings. The minimum Gasteiger partial charge on any atom is -0.451 e. The van der Waals surface area contributed by atoms with Crippen LogP contribution < -0.4 is 5.32 Å². The highest BCUT2D eigenvalue weighted by atomic mass is 16.6. The number of hydrogen-bond donors (Lipinski definition) is 2. The molecule has 3 aromatic carbocycles. The van der Waals surface area contributed by atoms with Crippen LogP contribution in [0.15, 0.2) is 78.9 Å². The number of esters is 1. The van der Waals surface area contributed by atoms with Gasteiger partial charge in [-0.1, -0.05) is 78.9 Å². The maximum absolute atomic E-state index is 13.6. The summed E-state index contributed by atoms with van der Waals surface area (Å²) < 4.78 is 6.24. The molecular formula is C25H23NO3. The quantitative estimate of drug-likeness (QED) is 0.675. The van der Waals surface area contributed by atoms with Crippen molar-refractivity contribution in [3.8, 4) is 11.1 Å². The number of aliphatic hydroxyl groups is 1. The third-order valence-electron chi connectivity index (χ3n) is 6.22. The lowest BCUT2D eigenvalue weighted by Gasteiger charge is -2.39. The van der Waals surface area contributed by atoms with Crippen LogP contribution in [0.4, 0.5) is 0 Å². The molecule has 2 aliphatic rings. The van der Waals surface area contributed by atoms with E-state index >= 15 is 0 Å². The fourth-order valence-electron chi connectivity index (χ4n) is 4.71. The van der Waals surface area contributed by atoms with E-state index < -0.39 is 17.2 Å². The van der Waals surface area contributed by atoms with Crippen LogP contribution in [0, 0.1) is 0 Å². The number of piperidine rings is 1. The van der Waals surface area contributed by atoms with Crippen molar-refractivity contribution in [3.63, 3.8) is 0 Å². The maximum Gasteiger partial charge on any atom is 0.348 e. The van der Waals surface area contributed by atoms with Crippen LogP contribution in [-0.4, -0.2) is 24.2 Å². The summed E-state index contributed by atoms with van der Waals surface area (Å²) in [6.45, 7) is 1.52. The van der Waals surface area contributed by atoms with Crippen LogP contribution in [0.25, 0.3) is 11.1 Å². The van der Waals surface area contributed by atoms with Crippen LogP contribution in [-0.2, 0) is 20.7 Å². The number of benzene rings is 3. The van der Waals surface area contributed by atoms with Crippen LogP contribution >= 0.6 is 0 Å². The zero-order chi connectivity index (χ0) is 19.9. The molecular weight excluding hydrogens is 362 g/mol. The summed E-state index contributed by atoms with van der Waals surface area (Å²) in [5.41, 5.74) is 1.35. The Labute approximate surface area is 170 Å². The first-order chi connectivity index (χ1) is 14.2. The van der Waals surface area contributed by atoms with Gasteiger partial charge in [-0.3, -0.25) is 0 Å². The second kappa shape index (κ2) is 6.83. The van der Waals surface area contributed by atoms with Crippen molar-refractivity contribution in [3.05, 3.63) is 95.6 Å². The minimum absolute atomic E-state index is 0.586. The summed E-state index contributed by atoms with van der Waals surface area (Å²) in [5, 5.41) is 15.1. The van der Waals surface area contributed by atoms with Gasteiger partial charge in [-0.2, -0.15) is 0 Å². The van der Waals surface area contributed by atoms with Crippen LogP contribution in [0.5, 0.6) is 0 Å². The molecule has 1 heterocycles. The molecule has 0 spiro atoms. The Kier molecular flexibility index (Phi) is 4.26. The Morgan fingerprint density at radius 2 is 1.31 bits per heavy atom. The fourth-order valence-corrected chi connectivity index (χ4v) is 4.71. The molecule has 0 radical (unpaired) electrons. The van der Waals surface area contributed by atoms with E-state index in [-0.39, 0.29) is 0 Å². The topological polar surface area (TPSA) is 58.6 Å². The molecule has 1 saturated heterocycles. The Morgan fingerprint density at radius 3 is 1.90 bits per heavy atom. The molecule has 29 heavy (non-hydrogen) atoms. The number of rotatable bonds is 3. The lowest BCUT2D eigenvalue weighted by molar-refractivity contribution is -0.182. The van der Waals surface area contributed by atoms with Crippen LogP contribution in [0.2, 0.25) is 0 Å². The normalized spacial score (nSPS) is 18.5. The van der Waals surface area contributed by atoms with Gasteiger partial charge in [0, 0.05) is 24.0 Å². The molecule has 5 rings (SSSR count). The predicted molar refractivity (Wildman–Crippen MR) is 111 cm³/mol. The number of carbonyl (C=O) groups is 1. The first kappa shape index (κ1) is 18.1. The van der Waals surface area contributed by atoms with Gasteiger partial charge in [-0.05, 0) is 29.8 Å². The highest BCUT2D eigenvalue weighted by Crippen LogP contribution is 2.49. The van der Waals surface area contributed by atoms with E-state index in [0.717, 1.165) is 29.8 Å². The Balaban J connectivity index is 1.60. The smallest absolute Gasteiger partial charge is 0.348 e. The summed E-state index contributed by atoms with van der Waals surface area (Å²) in [5.74, 6) is -0.611. The average molecular weight is 385 g/mol. The molecule has 0 aromatic heterocycles. The van der Waals surface area contributed by atoms with Gasteiger partial charge in [0.05, 0.1) is 0 Å². The number of hydrogen-bond acceptors (Lipinski definition) is 4. The van der Waals surface area contributed by atoms with Crippen molar-refractivity contribution in [2.75, 3.05) is 13.1 Å². The second-order valence-corrected chi connectivity index (χ2v) is 7.80. The Hall–Kier alpha value is -2.95. The molecule has 146 valence electrons. The zero-order valence-electron chi connectivity index (χ0n) is 16.1. The summed E-state index contributed by atoms with van der Waals surface area (Å²) in [6, 6.07) is 24.9. The molecule has 1 aliphatic carbocycles. The van der Waals surface area contributed by atoms with Gasteiger partial charge in [0.2, 0.25) is 5.60 Å². The molecule has 4 nitrogen and oxygen atoms in total. The van der Waals surface area contributed by atoms with Crippen molar-refractivity contribution in [2.24, 2.45) is 0 Å². The number of ether oxygens (including phenoxy) is 1. The second-order valence-electron chi connectivity index (χ2n) is 7.80. The standard InChI is InChI=1S/C25H23NO3/c27-23(29-24(14-16-26-17-15-24)18-8-2-1-3-9-18)25(28)21-12-6-4-10-19(21)20-11-5-7-13-22(20)25/h1-13,26,28H,14-17H2. The number of fused-ring (bicyclic) bond motifs is 3. The molecule has 2 N–H and O–H groups in total. The van der Waals surface area contributed by atoms with Crippen molar-refractivity contribution < 1.29 is 14.6 Å². The van der Waals surface area contributed by atoms with E-state index in [9.17, 15) is 9.90 Å². The molecule has 0 saturated carbocycles. The van der Waals surface area contributed by atoms with E-state index in [1.54, 1.807) is 0 Å². The molecule has 0 amide bonds. The SMILES string of the molecule is O=C(OC1(c2ccccc2)CCNCC1)C1(O)c2ccccc2-c2ccccc21. The van der Waals surface area contributed by atoms with Gasteiger partial charge in [0.1, 0.15) is 5.60 Å². The molecule has 0 bridgehead atoms. The Morgan fingerprint density at radius 1 is 0.793 bits per heavy atom. The molecule has 0 atom stereocenters. The zero-order valence-corrected chi connectivity index (χ0v) is 16.1. The highest BCUT2D eigenvalue weighted by Gasteiger charge is 2.52. The highest BCUT2D eigenvalue weighted by molar-refractivity contribution is 5.96. The van der Waals surface area contributed by atoms with Crippen LogP contribution in [0.3, 0.4) is 0 Å². The van der Waals surface area contributed by atoms with Gasteiger partial charge in [0.15, 0.2) is 0 Å². The van der Waals surface area contributed by atoms with E-state index in [0.29, 0.717) is 24.0 Å². The maximum atomic E-state index is 13.6. The third kappa shape index (κ3) is 2.71. The predicted octanol–water partition coefficient (Wildman–Crippen LogP) is 3.73. The van der Waals surface area contributed by atoms with E-state index in [2.05, 4.69) is 5.32 Å². The average Bonchev–Trinajstić information content (AvgIpc) is 3.05. The van der Waals surface area contributed by atoms with E-state index in [1.807, 2.05) is 78.9 Å². The number of nitrogens with one attached hydrogen (secondary N) is 1. The molecule has 1 aliphatic heterocycles. The van der Waals surface area contributed by atoms with Crippen molar-refractivity contribution in [2.45, 2.75) is 24.0 Å². The van der Waals surface area contributed by atoms with E-state index in [4.69, 9.17) is 4.74 Å². The van der Waals surface area contributed by atoms with Gasteiger partial charge >= 0.3 is 5.97 Å². The largest absolute Gasteiger partial charge is 0.451 e. The molecule has 3 aromatic rings. The summed E-state index contributed by atoms with van der Waals surface area (Å²) >= 11 is 0. The summed E-state index contributed by atoms with van der Waals surface area (Å²) in [6.07, 6.45) is 1.34. The number of carbonyl (C=O) groups excluding carboxylic acids is 1. The summed E-state index contributed by atoms with van der Waals surface area (Å²) in [7, 11) is 0. The molecule has 0 unspecified atom stereocenters. The molecule has 4 heteroatoms. The van der Waals surface area contributed by atoms with Gasteiger partial charge in [-0.25, -0.2) is 4.79 Å². The van der Waals surface area contributed by atoms with Crippen molar-refractivity contribution >= 4 is 5.97 Å².